The molecule has 2 aromatic rings. The van der Waals surface area contributed by atoms with E-state index in [2.05, 4.69) is 22.1 Å². The Bertz CT molecular complexity index is 825. The van der Waals surface area contributed by atoms with Crippen LogP contribution in [-0.4, -0.2) is 33.9 Å². The zero-order chi connectivity index (χ0) is 17.2. The van der Waals surface area contributed by atoms with Gasteiger partial charge >= 0.3 is 0 Å². The number of hydrogen-bond acceptors (Lipinski definition) is 3. The fourth-order valence-corrected chi connectivity index (χ4v) is 3.71. The first-order chi connectivity index (χ1) is 12.2. The predicted molar refractivity (Wildman–Crippen MR) is 93.3 cm³/mol. The van der Waals surface area contributed by atoms with Crippen molar-refractivity contribution in [3.8, 4) is 11.3 Å². The van der Waals surface area contributed by atoms with E-state index in [9.17, 15) is 9.18 Å². The standard InChI is InChI=1S/C20H20FN3O/c21-16-7-3-6-15(12-16)19-17-8-10-24(11-9-18(17)22-13-23-19)20(25)14-4-1-2-5-14/h1-3,6-7,12-14H,4-5,8-11H2. The van der Waals surface area contributed by atoms with E-state index in [0.29, 0.717) is 25.9 Å². The number of allylic oxidation sites excluding steroid dienone is 2. The lowest BCUT2D eigenvalue weighted by molar-refractivity contribution is -0.135. The summed E-state index contributed by atoms with van der Waals surface area (Å²) in [4.78, 5) is 23.5. The summed E-state index contributed by atoms with van der Waals surface area (Å²) in [5.74, 6) is 0.0529. The van der Waals surface area contributed by atoms with Crippen molar-refractivity contribution in [3.63, 3.8) is 0 Å². The van der Waals surface area contributed by atoms with Crippen LogP contribution in [0.1, 0.15) is 24.1 Å². The molecule has 5 heteroatoms. The van der Waals surface area contributed by atoms with Gasteiger partial charge in [0.05, 0.1) is 5.69 Å². The maximum Gasteiger partial charge on any atom is 0.226 e. The molecule has 4 rings (SSSR count). The van der Waals surface area contributed by atoms with Crippen LogP contribution in [-0.2, 0) is 17.6 Å². The first-order valence-corrected chi connectivity index (χ1v) is 8.75. The minimum absolute atomic E-state index is 0.0926. The summed E-state index contributed by atoms with van der Waals surface area (Å²) in [6.07, 6.45) is 8.82. The summed E-state index contributed by atoms with van der Waals surface area (Å²) in [5.41, 5.74) is 3.54. The van der Waals surface area contributed by atoms with Crippen molar-refractivity contribution in [2.45, 2.75) is 25.7 Å². The molecule has 0 saturated carbocycles. The van der Waals surface area contributed by atoms with E-state index in [4.69, 9.17) is 0 Å². The molecule has 1 amide bonds. The summed E-state index contributed by atoms with van der Waals surface area (Å²) < 4.78 is 13.6. The molecule has 0 bridgehead atoms. The van der Waals surface area contributed by atoms with E-state index >= 15 is 0 Å². The van der Waals surface area contributed by atoms with Gasteiger partial charge in [0.15, 0.2) is 0 Å². The number of carbonyl (C=O) groups is 1. The molecule has 1 aromatic heterocycles. The molecular weight excluding hydrogens is 317 g/mol. The number of fused-ring (bicyclic) bond motifs is 1. The highest BCUT2D eigenvalue weighted by molar-refractivity contribution is 5.80. The molecule has 0 unspecified atom stereocenters. The normalized spacial score (nSPS) is 17.4. The van der Waals surface area contributed by atoms with Crippen LogP contribution in [0.2, 0.25) is 0 Å². The lowest BCUT2D eigenvalue weighted by Crippen LogP contribution is -2.37. The lowest BCUT2D eigenvalue weighted by Gasteiger charge is -2.23. The quantitative estimate of drug-likeness (QED) is 0.791. The third kappa shape index (κ3) is 3.18. The summed E-state index contributed by atoms with van der Waals surface area (Å²) in [5, 5.41) is 0. The van der Waals surface area contributed by atoms with Gasteiger partial charge in [-0.25, -0.2) is 14.4 Å². The molecule has 1 aliphatic heterocycles. The minimum Gasteiger partial charge on any atom is -0.342 e. The SMILES string of the molecule is O=C(C1CC=CC1)N1CCc2ncnc(-c3cccc(F)c3)c2CC1. The topological polar surface area (TPSA) is 46.1 Å². The summed E-state index contributed by atoms with van der Waals surface area (Å²) in [6, 6.07) is 6.49. The minimum atomic E-state index is -0.274. The van der Waals surface area contributed by atoms with Crippen LogP contribution in [0.25, 0.3) is 11.3 Å². The molecule has 2 heterocycles. The molecule has 2 aliphatic rings. The van der Waals surface area contributed by atoms with Crippen molar-refractivity contribution in [3.05, 3.63) is 59.8 Å². The van der Waals surface area contributed by atoms with Crippen molar-refractivity contribution in [2.75, 3.05) is 13.1 Å². The molecule has 0 radical (unpaired) electrons. The van der Waals surface area contributed by atoms with Crippen molar-refractivity contribution in [1.82, 2.24) is 14.9 Å². The van der Waals surface area contributed by atoms with E-state index < -0.39 is 0 Å². The van der Waals surface area contributed by atoms with Gasteiger partial charge in [0.1, 0.15) is 12.1 Å². The first kappa shape index (κ1) is 15.9. The largest absolute Gasteiger partial charge is 0.342 e. The maximum atomic E-state index is 13.6. The molecule has 0 spiro atoms. The van der Waals surface area contributed by atoms with Gasteiger partial charge in [-0.2, -0.15) is 0 Å². The van der Waals surface area contributed by atoms with Gasteiger partial charge in [-0.05, 0) is 31.4 Å². The third-order valence-electron chi connectivity index (χ3n) is 5.05. The average Bonchev–Trinajstić information content (AvgIpc) is 3.07. The van der Waals surface area contributed by atoms with Gasteiger partial charge in [-0.1, -0.05) is 24.3 Å². The molecule has 25 heavy (non-hydrogen) atoms. The summed E-state index contributed by atoms with van der Waals surface area (Å²) in [6.45, 7) is 1.35. The zero-order valence-electron chi connectivity index (χ0n) is 14.0. The molecule has 4 nitrogen and oxygen atoms in total. The van der Waals surface area contributed by atoms with Crippen LogP contribution in [0.5, 0.6) is 0 Å². The number of carbonyl (C=O) groups excluding carboxylic acids is 1. The molecule has 1 aromatic carbocycles. The van der Waals surface area contributed by atoms with Crippen molar-refractivity contribution < 1.29 is 9.18 Å². The van der Waals surface area contributed by atoms with E-state index in [0.717, 1.165) is 35.4 Å². The Kier molecular flexibility index (Phi) is 4.30. The Morgan fingerprint density at radius 2 is 1.92 bits per heavy atom. The molecule has 1 aliphatic carbocycles. The highest BCUT2D eigenvalue weighted by atomic mass is 19.1. The van der Waals surface area contributed by atoms with Crippen LogP contribution in [0.4, 0.5) is 4.39 Å². The second-order valence-electron chi connectivity index (χ2n) is 6.62. The summed E-state index contributed by atoms with van der Waals surface area (Å²) >= 11 is 0. The van der Waals surface area contributed by atoms with E-state index in [1.54, 1.807) is 6.07 Å². The van der Waals surface area contributed by atoms with Gasteiger partial charge in [0, 0.05) is 42.2 Å². The number of amides is 1. The predicted octanol–water partition coefficient (Wildman–Crippen LogP) is 3.18. The third-order valence-corrected chi connectivity index (χ3v) is 5.05. The summed E-state index contributed by atoms with van der Waals surface area (Å²) in [7, 11) is 0. The van der Waals surface area contributed by atoms with Crippen LogP contribution in [0.15, 0.2) is 42.7 Å². The Labute approximate surface area is 146 Å². The number of hydrogen-bond donors (Lipinski definition) is 0. The first-order valence-electron chi connectivity index (χ1n) is 8.75. The Morgan fingerprint density at radius 3 is 2.72 bits per heavy atom. The Hall–Kier alpha value is -2.56. The maximum absolute atomic E-state index is 13.6. The van der Waals surface area contributed by atoms with Gasteiger partial charge in [-0.15, -0.1) is 0 Å². The van der Waals surface area contributed by atoms with E-state index in [1.165, 1.54) is 18.5 Å². The Morgan fingerprint density at radius 1 is 1.12 bits per heavy atom. The van der Waals surface area contributed by atoms with Gasteiger partial charge in [0.25, 0.3) is 0 Å². The monoisotopic (exact) mass is 337 g/mol. The van der Waals surface area contributed by atoms with Gasteiger partial charge < -0.3 is 4.90 Å². The molecule has 128 valence electrons. The molecule has 0 saturated heterocycles. The van der Waals surface area contributed by atoms with E-state index in [-0.39, 0.29) is 17.6 Å². The number of aromatic nitrogens is 2. The second kappa shape index (κ2) is 6.75. The number of benzene rings is 1. The highest BCUT2D eigenvalue weighted by Gasteiger charge is 2.27. The van der Waals surface area contributed by atoms with Crippen LogP contribution in [0.3, 0.4) is 0 Å². The Balaban J connectivity index is 1.59. The molecule has 0 N–H and O–H groups in total. The average molecular weight is 337 g/mol. The van der Waals surface area contributed by atoms with Gasteiger partial charge in [0.2, 0.25) is 5.91 Å². The molecular formula is C20H20FN3O. The number of nitrogens with zero attached hydrogens (tertiary/aromatic N) is 3. The van der Waals surface area contributed by atoms with Gasteiger partial charge in [-0.3, -0.25) is 4.79 Å². The van der Waals surface area contributed by atoms with Crippen LogP contribution < -0.4 is 0 Å². The lowest BCUT2D eigenvalue weighted by atomic mass is 10.0. The fraction of sp³-hybridized carbons (Fsp3) is 0.350. The van der Waals surface area contributed by atoms with Crippen molar-refractivity contribution >= 4 is 5.91 Å². The van der Waals surface area contributed by atoms with Crippen molar-refractivity contribution in [1.29, 1.82) is 0 Å². The van der Waals surface area contributed by atoms with Crippen LogP contribution >= 0.6 is 0 Å². The van der Waals surface area contributed by atoms with Crippen molar-refractivity contribution in [2.24, 2.45) is 5.92 Å². The molecule has 0 atom stereocenters. The second-order valence-corrected chi connectivity index (χ2v) is 6.62. The van der Waals surface area contributed by atoms with E-state index in [1.807, 2.05) is 11.0 Å². The molecule has 0 fully saturated rings. The smallest absolute Gasteiger partial charge is 0.226 e. The number of halogens is 1. The fourth-order valence-electron chi connectivity index (χ4n) is 3.71. The number of rotatable bonds is 2. The highest BCUT2D eigenvalue weighted by Crippen LogP contribution is 2.27. The zero-order valence-corrected chi connectivity index (χ0v) is 14.0. The van der Waals surface area contributed by atoms with Crippen LogP contribution in [0, 0.1) is 11.7 Å².